The molecule has 1 aromatic carbocycles. The number of rotatable bonds is 8. The number of nitrogens with one attached hydrogen (secondary N) is 2. The van der Waals surface area contributed by atoms with E-state index in [0.29, 0.717) is 32.1 Å². The Labute approximate surface area is 137 Å². The summed E-state index contributed by atoms with van der Waals surface area (Å²) in [6, 6.07) is 7.42. The molecule has 2 N–H and O–H groups in total. The summed E-state index contributed by atoms with van der Waals surface area (Å²) in [6.45, 7) is 1.65. The maximum atomic E-state index is 11.5. The van der Waals surface area contributed by atoms with Gasteiger partial charge in [-0.2, -0.15) is 0 Å². The van der Waals surface area contributed by atoms with E-state index in [1.165, 1.54) is 0 Å². The smallest absolute Gasteiger partial charge is 0.223 e. The largest absolute Gasteiger partial charge is 0.497 e. The fourth-order valence-corrected chi connectivity index (χ4v) is 1.74. The zero-order valence-electron chi connectivity index (χ0n) is 14.3. The quantitative estimate of drug-likeness (QED) is 0.419. The normalized spacial score (nSPS) is 10.9. The second kappa shape index (κ2) is 10.3. The molecule has 0 unspecified atom stereocenters. The molecule has 0 spiro atoms. The number of benzene rings is 1. The SMILES string of the molecule is CN=C(NCCOc1ccc(OC)cc1)NCCC(=O)N(C)C. The first kappa shape index (κ1) is 18.6. The molecule has 0 radical (unpaired) electrons. The lowest BCUT2D eigenvalue weighted by molar-refractivity contribution is -0.128. The highest BCUT2D eigenvalue weighted by Crippen LogP contribution is 2.16. The van der Waals surface area contributed by atoms with Gasteiger partial charge in [0.15, 0.2) is 5.96 Å². The van der Waals surface area contributed by atoms with Gasteiger partial charge >= 0.3 is 0 Å². The molecule has 1 amide bonds. The lowest BCUT2D eigenvalue weighted by Crippen LogP contribution is -2.40. The summed E-state index contributed by atoms with van der Waals surface area (Å²) in [4.78, 5) is 17.1. The van der Waals surface area contributed by atoms with Gasteiger partial charge in [0, 0.05) is 34.1 Å². The van der Waals surface area contributed by atoms with Gasteiger partial charge < -0.3 is 25.0 Å². The molecule has 0 saturated carbocycles. The fourth-order valence-electron chi connectivity index (χ4n) is 1.74. The zero-order valence-corrected chi connectivity index (χ0v) is 14.3. The van der Waals surface area contributed by atoms with Crippen molar-refractivity contribution in [1.29, 1.82) is 0 Å². The van der Waals surface area contributed by atoms with E-state index >= 15 is 0 Å². The van der Waals surface area contributed by atoms with Crippen LogP contribution in [0.1, 0.15) is 6.42 Å². The van der Waals surface area contributed by atoms with Crippen LogP contribution < -0.4 is 20.1 Å². The van der Waals surface area contributed by atoms with Crippen LogP contribution in [0.25, 0.3) is 0 Å². The standard InChI is InChI=1S/C16H26N4O3/c1-17-16(18-10-9-15(21)20(2)3)19-11-12-23-14-7-5-13(22-4)6-8-14/h5-8H,9-12H2,1-4H3,(H2,17,18,19). The molecule has 0 aliphatic heterocycles. The van der Waals surface area contributed by atoms with Crippen LogP contribution in [0.5, 0.6) is 11.5 Å². The van der Waals surface area contributed by atoms with Crippen molar-refractivity contribution in [3.05, 3.63) is 24.3 Å². The number of hydrogen-bond acceptors (Lipinski definition) is 4. The van der Waals surface area contributed by atoms with Crippen molar-refractivity contribution in [2.45, 2.75) is 6.42 Å². The van der Waals surface area contributed by atoms with E-state index in [1.807, 2.05) is 24.3 Å². The van der Waals surface area contributed by atoms with Crippen molar-refractivity contribution >= 4 is 11.9 Å². The molecule has 0 saturated heterocycles. The number of methoxy groups -OCH3 is 1. The molecule has 0 aliphatic rings. The second-order valence-electron chi connectivity index (χ2n) is 4.99. The molecule has 128 valence electrons. The number of guanidine groups is 1. The molecule has 0 heterocycles. The van der Waals surface area contributed by atoms with Gasteiger partial charge in [-0.25, -0.2) is 0 Å². The van der Waals surface area contributed by atoms with Crippen LogP contribution in [0.4, 0.5) is 0 Å². The van der Waals surface area contributed by atoms with Crippen LogP contribution in [-0.4, -0.2) is 64.7 Å². The average molecular weight is 322 g/mol. The van der Waals surface area contributed by atoms with Gasteiger partial charge in [-0.05, 0) is 24.3 Å². The Kier molecular flexibility index (Phi) is 8.34. The predicted molar refractivity (Wildman–Crippen MR) is 91.2 cm³/mol. The van der Waals surface area contributed by atoms with Gasteiger partial charge in [0.2, 0.25) is 5.91 Å². The van der Waals surface area contributed by atoms with Crippen LogP contribution >= 0.6 is 0 Å². The van der Waals surface area contributed by atoms with Gasteiger partial charge in [-0.1, -0.05) is 0 Å². The first-order valence-electron chi connectivity index (χ1n) is 7.48. The Balaban J connectivity index is 2.20. The minimum absolute atomic E-state index is 0.0794. The van der Waals surface area contributed by atoms with E-state index in [-0.39, 0.29) is 5.91 Å². The number of carbonyl (C=O) groups excluding carboxylic acids is 1. The summed E-state index contributed by atoms with van der Waals surface area (Å²) < 4.78 is 10.7. The number of nitrogens with zero attached hydrogens (tertiary/aromatic N) is 2. The van der Waals surface area contributed by atoms with E-state index in [0.717, 1.165) is 11.5 Å². The maximum Gasteiger partial charge on any atom is 0.223 e. The van der Waals surface area contributed by atoms with Gasteiger partial charge in [0.1, 0.15) is 18.1 Å². The number of amides is 1. The van der Waals surface area contributed by atoms with Crippen LogP contribution in [0, 0.1) is 0 Å². The first-order chi connectivity index (χ1) is 11.1. The molecule has 0 bridgehead atoms. The van der Waals surface area contributed by atoms with Crippen molar-refractivity contribution in [3.63, 3.8) is 0 Å². The molecule has 7 nitrogen and oxygen atoms in total. The minimum atomic E-state index is 0.0794. The highest BCUT2D eigenvalue weighted by molar-refractivity contribution is 5.81. The van der Waals surface area contributed by atoms with Crippen LogP contribution in [0.2, 0.25) is 0 Å². The van der Waals surface area contributed by atoms with E-state index in [4.69, 9.17) is 9.47 Å². The van der Waals surface area contributed by atoms with E-state index < -0.39 is 0 Å². The second-order valence-corrected chi connectivity index (χ2v) is 4.99. The maximum absolute atomic E-state index is 11.5. The Morgan fingerprint density at radius 3 is 2.30 bits per heavy atom. The van der Waals surface area contributed by atoms with Crippen molar-refractivity contribution in [1.82, 2.24) is 15.5 Å². The summed E-state index contributed by atoms with van der Waals surface area (Å²) in [5.74, 6) is 2.31. The third kappa shape index (κ3) is 7.39. The van der Waals surface area contributed by atoms with Crippen LogP contribution in [0.15, 0.2) is 29.3 Å². The van der Waals surface area contributed by atoms with Gasteiger partial charge in [-0.15, -0.1) is 0 Å². The molecular formula is C16H26N4O3. The highest BCUT2D eigenvalue weighted by Gasteiger charge is 2.04. The molecule has 23 heavy (non-hydrogen) atoms. The summed E-state index contributed by atoms with van der Waals surface area (Å²) in [6.07, 6.45) is 0.427. The molecule has 0 aromatic heterocycles. The third-order valence-corrected chi connectivity index (χ3v) is 3.08. The molecule has 7 heteroatoms. The molecular weight excluding hydrogens is 296 g/mol. The minimum Gasteiger partial charge on any atom is -0.497 e. The molecule has 1 rings (SSSR count). The molecule has 0 atom stereocenters. The van der Waals surface area contributed by atoms with E-state index in [2.05, 4.69) is 15.6 Å². The monoisotopic (exact) mass is 322 g/mol. The number of hydrogen-bond donors (Lipinski definition) is 2. The Hall–Kier alpha value is -2.44. The summed E-state index contributed by atoms with van der Waals surface area (Å²) in [5, 5.41) is 6.22. The Morgan fingerprint density at radius 1 is 1.13 bits per heavy atom. The van der Waals surface area contributed by atoms with Gasteiger partial charge in [0.05, 0.1) is 13.7 Å². The predicted octanol–water partition coefficient (Wildman–Crippen LogP) is 0.717. The highest BCUT2D eigenvalue weighted by atomic mass is 16.5. The zero-order chi connectivity index (χ0) is 17.1. The van der Waals surface area contributed by atoms with Gasteiger partial charge in [0.25, 0.3) is 0 Å². The third-order valence-electron chi connectivity index (χ3n) is 3.08. The molecule has 0 fully saturated rings. The number of ether oxygens (including phenoxy) is 2. The van der Waals surface area contributed by atoms with E-state index in [1.54, 1.807) is 33.2 Å². The molecule has 0 aliphatic carbocycles. The Morgan fingerprint density at radius 2 is 1.74 bits per heavy atom. The summed E-state index contributed by atoms with van der Waals surface area (Å²) >= 11 is 0. The molecule has 1 aromatic rings. The van der Waals surface area contributed by atoms with Gasteiger partial charge in [-0.3, -0.25) is 9.79 Å². The van der Waals surface area contributed by atoms with Crippen molar-refractivity contribution in [2.24, 2.45) is 4.99 Å². The van der Waals surface area contributed by atoms with Crippen LogP contribution in [-0.2, 0) is 4.79 Å². The van der Waals surface area contributed by atoms with Crippen molar-refractivity contribution in [2.75, 3.05) is 47.9 Å². The van der Waals surface area contributed by atoms with Crippen molar-refractivity contribution in [3.8, 4) is 11.5 Å². The number of carbonyl (C=O) groups is 1. The lowest BCUT2D eigenvalue weighted by Gasteiger charge is -2.14. The van der Waals surface area contributed by atoms with E-state index in [9.17, 15) is 4.79 Å². The fraction of sp³-hybridized carbons (Fsp3) is 0.500. The average Bonchev–Trinajstić information content (AvgIpc) is 2.57. The van der Waals surface area contributed by atoms with Crippen molar-refractivity contribution < 1.29 is 14.3 Å². The van der Waals surface area contributed by atoms with Crippen LogP contribution in [0.3, 0.4) is 0 Å². The summed E-state index contributed by atoms with van der Waals surface area (Å²) in [5.41, 5.74) is 0. The summed E-state index contributed by atoms with van der Waals surface area (Å²) in [7, 11) is 6.80. The number of aliphatic imine (C=N–C) groups is 1. The topological polar surface area (TPSA) is 75.2 Å². The first-order valence-corrected chi connectivity index (χ1v) is 7.48. The lowest BCUT2D eigenvalue weighted by atomic mass is 10.3. The Bertz CT molecular complexity index is 501.